The van der Waals surface area contributed by atoms with E-state index in [0.717, 1.165) is 54.4 Å². The average molecular weight is 475 g/mol. The Bertz CT molecular complexity index is 787. The van der Waals surface area contributed by atoms with Gasteiger partial charge in [-0.1, -0.05) is 57.2 Å². The summed E-state index contributed by atoms with van der Waals surface area (Å²) in [7, 11) is 0. The van der Waals surface area contributed by atoms with E-state index >= 15 is 0 Å². The molecule has 2 saturated carbocycles. The van der Waals surface area contributed by atoms with E-state index in [0.29, 0.717) is 6.61 Å². The minimum Gasteiger partial charge on any atom is -0.490 e. The van der Waals surface area contributed by atoms with Gasteiger partial charge < -0.3 is 4.74 Å². The summed E-state index contributed by atoms with van der Waals surface area (Å²) >= 11 is 6.42. The smallest absolute Gasteiger partial charge is 0.184 e. The van der Waals surface area contributed by atoms with Gasteiger partial charge in [0.2, 0.25) is 0 Å². The van der Waals surface area contributed by atoms with Gasteiger partial charge in [0, 0.05) is 0 Å². The molecule has 3 heteroatoms. The van der Waals surface area contributed by atoms with Gasteiger partial charge >= 0.3 is 0 Å². The van der Waals surface area contributed by atoms with Gasteiger partial charge in [-0.05, 0) is 117 Å². The molecule has 0 aromatic heterocycles. The van der Waals surface area contributed by atoms with Gasteiger partial charge in [0.15, 0.2) is 11.6 Å². The number of hydrogen-bond donors (Lipinski definition) is 0. The lowest BCUT2D eigenvalue weighted by atomic mass is 9.65. The fourth-order valence-corrected chi connectivity index (χ4v) is 7.35. The Hall–Kier alpha value is -1.02. The molecule has 0 N–H and O–H groups in total. The maximum atomic E-state index is 14.7. The second-order valence-corrected chi connectivity index (χ2v) is 11.5. The van der Waals surface area contributed by atoms with Crippen LogP contribution in [0.3, 0.4) is 0 Å². The van der Waals surface area contributed by atoms with Crippen LogP contribution in [-0.4, -0.2) is 6.61 Å². The molecule has 0 amide bonds. The van der Waals surface area contributed by atoms with Crippen LogP contribution in [0.15, 0.2) is 18.2 Å². The van der Waals surface area contributed by atoms with Crippen molar-refractivity contribution in [3.8, 4) is 5.75 Å². The van der Waals surface area contributed by atoms with Gasteiger partial charge in [-0.3, -0.25) is 0 Å². The van der Waals surface area contributed by atoms with Crippen molar-refractivity contribution >= 4 is 17.2 Å². The van der Waals surface area contributed by atoms with Gasteiger partial charge in [-0.25, -0.2) is 4.39 Å². The maximum Gasteiger partial charge on any atom is 0.184 e. The van der Waals surface area contributed by atoms with Crippen LogP contribution in [-0.2, 0) is 0 Å². The Balaban J connectivity index is 1.27. The molecule has 3 aliphatic carbocycles. The normalized spacial score (nSPS) is 30.7. The maximum absolute atomic E-state index is 14.7. The van der Waals surface area contributed by atoms with Crippen LogP contribution >= 0.6 is 11.6 Å². The summed E-state index contributed by atoms with van der Waals surface area (Å²) in [6.45, 7) is 4.87. The van der Waals surface area contributed by atoms with Gasteiger partial charge in [-0.2, -0.15) is 0 Å². The molecule has 4 rings (SSSR count). The van der Waals surface area contributed by atoms with Gasteiger partial charge in [0.1, 0.15) is 0 Å². The second-order valence-electron chi connectivity index (χ2n) is 11.1. The molecule has 1 aromatic rings. The largest absolute Gasteiger partial charge is 0.490 e. The third-order valence-corrected chi connectivity index (χ3v) is 9.41. The number of ether oxygens (including phenoxy) is 1. The summed E-state index contributed by atoms with van der Waals surface area (Å²) in [4.78, 5) is 0. The Labute approximate surface area is 206 Å². The summed E-state index contributed by atoms with van der Waals surface area (Å²) in [5.74, 6) is 4.57. The van der Waals surface area contributed by atoms with Crippen molar-refractivity contribution in [3.63, 3.8) is 0 Å². The van der Waals surface area contributed by atoms with Crippen molar-refractivity contribution in [3.05, 3.63) is 34.6 Å². The fourth-order valence-electron chi connectivity index (χ4n) is 7.07. The molecule has 0 saturated heterocycles. The molecule has 3 aliphatic rings. The van der Waals surface area contributed by atoms with E-state index in [1.807, 2.05) is 13.0 Å². The van der Waals surface area contributed by atoms with Crippen LogP contribution in [0.1, 0.15) is 109 Å². The van der Waals surface area contributed by atoms with Crippen LogP contribution < -0.4 is 4.74 Å². The summed E-state index contributed by atoms with van der Waals surface area (Å²) in [5.41, 5.74) is 2.08. The molecule has 0 heterocycles. The Morgan fingerprint density at radius 1 is 0.848 bits per heavy atom. The summed E-state index contributed by atoms with van der Waals surface area (Å²) < 4.78 is 20.2. The van der Waals surface area contributed by atoms with Crippen LogP contribution in [0.2, 0.25) is 5.02 Å². The molecule has 1 atom stereocenters. The highest BCUT2D eigenvalue weighted by atomic mass is 35.5. The quantitative estimate of drug-likeness (QED) is 0.364. The molecule has 2 fully saturated rings. The zero-order valence-corrected chi connectivity index (χ0v) is 21.6. The molecule has 1 aromatic carbocycles. The highest BCUT2D eigenvalue weighted by molar-refractivity contribution is 6.32. The molecule has 0 bridgehead atoms. The molecular weight excluding hydrogens is 431 g/mol. The minimum atomic E-state index is -0.410. The van der Waals surface area contributed by atoms with Crippen LogP contribution in [0.25, 0.3) is 5.57 Å². The molecule has 1 unspecified atom stereocenters. The average Bonchev–Trinajstić information content (AvgIpc) is 2.86. The first kappa shape index (κ1) is 25.1. The van der Waals surface area contributed by atoms with Gasteiger partial charge in [0.05, 0.1) is 11.6 Å². The predicted molar refractivity (Wildman–Crippen MR) is 138 cm³/mol. The van der Waals surface area contributed by atoms with Gasteiger partial charge in [-0.15, -0.1) is 0 Å². The van der Waals surface area contributed by atoms with E-state index in [4.69, 9.17) is 16.3 Å². The number of rotatable bonds is 8. The lowest BCUT2D eigenvalue weighted by molar-refractivity contribution is 0.121. The SMILES string of the molecule is CCCOc1ccc(C2=CCC(C3CCC(C4CCC(CCC)CC4)CC3)CC2)c(Cl)c1F. The van der Waals surface area contributed by atoms with E-state index in [1.54, 1.807) is 6.07 Å². The van der Waals surface area contributed by atoms with Crippen molar-refractivity contribution in [2.75, 3.05) is 6.61 Å². The van der Waals surface area contributed by atoms with E-state index in [9.17, 15) is 4.39 Å². The Kier molecular flexibility index (Phi) is 9.19. The third-order valence-electron chi connectivity index (χ3n) is 9.04. The molecule has 184 valence electrons. The second kappa shape index (κ2) is 12.1. The summed E-state index contributed by atoms with van der Waals surface area (Å²) in [5, 5.41) is 0.225. The summed E-state index contributed by atoms with van der Waals surface area (Å²) in [6.07, 6.45) is 21.1. The molecule has 0 spiro atoms. The highest BCUT2D eigenvalue weighted by Crippen LogP contribution is 2.46. The lowest BCUT2D eigenvalue weighted by Gasteiger charge is -2.40. The first-order valence-corrected chi connectivity index (χ1v) is 14.3. The fraction of sp³-hybridized carbons (Fsp3) is 0.733. The van der Waals surface area contributed by atoms with E-state index in [1.165, 1.54) is 76.2 Å². The third kappa shape index (κ3) is 6.16. The lowest BCUT2D eigenvalue weighted by Crippen LogP contribution is -2.28. The van der Waals surface area contributed by atoms with Crippen molar-refractivity contribution in [1.29, 1.82) is 0 Å². The zero-order valence-electron chi connectivity index (χ0n) is 20.9. The zero-order chi connectivity index (χ0) is 23.2. The predicted octanol–water partition coefficient (Wildman–Crippen LogP) is 9.86. The Morgan fingerprint density at radius 3 is 2.06 bits per heavy atom. The minimum absolute atomic E-state index is 0.225. The van der Waals surface area contributed by atoms with Crippen LogP contribution in [0, 0.1) is 35.4 Å². The topological polar surface area (TPSA) is 9.23 Å². The van der Waals surface area contributed by atoms with E-state index < -0.39 is 5.82 Å². The first-order valence-electron chi connectivity index (χ1n) is 13.9. The molecule has 33 heavy (non-hydrogen) atoms. The Morgan fingerprint density at radius 2 is 1.48 bits per heavy atom. The molecular formula is C30H44ClFO. The number of hydrogen-bond acceptors (Lipinski definition) is 1. The number of halogens is 2. The number of benzene rings is 1. The van der Waals surface area contributed by atoms with Gasteiger partial charge in [0.25, 0.3) is 0 Å². The first-order chi connectivity index (χ1) is 16.1. The van der Waals surface area contributed by atoms with Crippen molar-refractivity contribution in [2.24, 2.45) is 29.6 Å². The standard InChI is InChI=1S/C30H44ClFO/c1-3-5-21-6-8-22(9-7-21)23-10-12-24(13-11-23)25-14-16-26(17-15-25)27-18-19-28(33-20-4-2)30(32)29(27)31/h16,18-19,21-25H,3-15,17,20H2,1-2H3. The van der Waals surface area contributed by atoms with Crippen LogP contribution in [0.4, 0.5) is 4.39 Å². The van der Waals surface area contributed by atoms with Crippen molar-refractivity contribution in [1.82, 2.24) is 0 Å². The van der Waals surface area contributed by atoms with Crippen molar-refractivity contribution < 1.29 is 9.13 Å². The molecule has 1 nitrogen and oxygen atoms in total. The number of allylic oxidation sites excluding steroid dienone is 2. The molecule has 0 aliphatic heterocycles. The van der Waals surface area contributed by atoms with Crippen LogP contribution in [0.5, 0.6) is 5.75 Å². The monoisotopic (exact) mass is 474 g/mol. The summed E-state index contributed by atoms with van der Waals surface area (Å²) in [6, 6.07) is 3.69. The van der Waals surface area contributed by atoms with E-state index in [2.05, 4.69) is 13.0 Å². The highest BCUT2D eigenvalue weighted by Gasteiger charge is 2.33. The van der Waals surface area contributed by atoms with Crippen molar-refractivity contribution in [2.45, 2.75) is 104 Å². The molecule has 0 radical (unpaired) electrons. The van der Waals surface area contributed by atoms with E-state index in [-0.39, 0.29) is 10.8 Å².